The molecule has 2 heteroatoms. The lowest BCUT2D eigenvalue weighted by Crippen LogP contribution is -2.56. The van der Waals surface area contributed by atoms with Crippen molar-refractivity contribution in [3.8, 4) is 0 Å². The van der Waals surface area contributed by atoms with Crippen molar-refractivity contribution in [1.82, 2.24) is 0 Å². The Morgan fingerprint density at radius 1 is 0.733 bits per heavy atom. The maximum absolute atomic E-state index is 6.10. The van der Waals surface area contributed by atoms with Gasteiger partial charge in [0.05, 0.1) is 13.2 Å². The summed E-state index contributed by atoms with van der Waals surface area (Å²) in [5.41, 5.74) is -0.00875. The Balaban J connectivity index is 3.05. The van der Waals surface area contributed by atoms with Crippen molar-refractivity contribution >= 4 is 0 Å². The Kier molecular flexibility index (Phi) is 3.52. The molecule has 1 heterocycles. The van der Waals surface area contributed by atoms with Crippen molar-refractivity contribution < 1.29 is 9.47 Å². The molecule has 0 aromatic heterocycles. The fourth-order valence-corrected chi connectivity index (χ4v) is 2.67. The minimum Gasteiger partial charge on any atom is -0.349 e. The van der Waals surface area contributed by atoms with Crippen molar-refractivity contribution in [2.45, 2.75) is 60.2 Å². The Bertz CT molecular complexity index is 184. The van der Waals surface area contributed by atoms with Gasteiger partial charge in [-0.15, -0.1) is 0 Å². The van der Waals surface area contributed by atoms with E-state index in [1.54, 1.807) is 0 Å². The van der Waals surface area contributed by atoms with Gasteiger partial charge in [0, 0.05) is 10.8 Å². The first-order valence-corrected chi connectivity index (χ1v) is 5.99. The van der Waals surface area contributed by atoms with Gasteiger partial charge < -0.3 is 9.47 Å². The van der Waals surface area contributed by atoms with Gasteiger partial charge in [0.1, 0.15) is 0 Å². The summed E-state index contributed by atoms with van der Waals surface area (Å²) in [5.74, 6) is -0.462. The van der Waals surface area contributed by atoms with Crippen LogP contribution in [-0.2, 0) is 9.47 Å². The summed E-state index contributed by atoms with van der Waals surface area (Å²) in [7, 11) is 0. The third-order valence-corrected chi connectivity index (χ3v) is 3.12. The van der Waals surface area contributed by atoms with Crippen LogP contribution in [-0.4, -0.2) is 19.0 Å². The van der Waals surface area contributed by atoms with Gasteiger partial charge in [-0.05, 0) is 12.8 Å². The molecule has 1 aliphatic rings. The molecule has 0 aromatic rings. The quantitative estimate of drug-likeness (QED) is 0.613. The van der Waals surface area contributed by atoms with E-state index in [1.807, 2.05) is 0 Å². The summed E-state index contributed by atoms with van der Waals surface area (Å²) < 4.78 is 12.2. The summed E-state index contributed by atoms with van der Waals surface area (Å²) in [5, 5.41) is 0. The molecule has 1 saturated heterocycles. The zero-order chi connectivity index (χ0) is 11.7. The highest BCUT2D eigenvalue weighted by molar-refractivity contribution is 4.94. The molecule has 0 amide bonds. The second-order valence-electron chi connectivity index (χ2n) is 6.52. The Morgan fingerprint density at radius 2 is 1.07 bits per heavy atom. The van der Waals surface area contributed by atoms with Gasteiger partial charge in [0.15, 0.2) is 5.79 Å². The topological polar surface area (TPSA) is 18.5 Å². The molecule has 0 N–H and O–H groups in total. The first-order chi connectivity index (χ1) is 6.71. The van der Waals surface area contributed by atoms with E-state index < -0.39 is 5.79 Å². The van der Waals surface area contributed by atoms with E-state index >= 15 is 0 Å². The summed E-state index contributed by atoms with van der Waals surface area (Å²) in [6.07, 6.45) is 2.21. The predicted octanol–water partition coefficient (Wildman–Crippen LogP) is 3.60. The van der Waals surface area contributed by atoms with Gasteiger partial charge in [-0.3, -0.25) is 0 Å². The number of rotatable bonds is 0. The summed E-state index contributed by atoms with van der Waals surface area (Å²) >= 11 is 0. The SMILES string of the molecule is CC(C)(C)C1(C(C)(C)C)OCCCCO1. The van der Waals surface area contributed by atoms with Crippen LogP contribution in [0.3, 0.4) is 0 Å². The molecule has 0 radical (unpaired) electrons. The molecule has 0 bridgehead atoms. The average molecular weight is 214 g/mol. The molecule has 1 aliphatic heterocycles. The molecule has 90 valence electrons. The highest BCUT2D eigenvalue weighted by Crippen LogP contribution is 2.48. The maximum atomic E-state index is 6.10. The number of hydrogen-bond donors (Lipinski definition) is 0. The van der Waals surface area contributed by atoms with Crippen molar-refractivity contribution in [2.24, 2.45) is 10.8 Å². The molecular formula is C13H26O2. The van der Waals surface area contributed by atoms with E-state index in [4.69, 9.17) is 9.47 Å². The molecule has 0 aromatic carbocycles. The largest absolute Gasteiger partial charge is 0.349 e. The Hall–Kier alpha value is -0.0800. The van der Waals surface area contributed by atoms with Crippen LogP contribution in [0, 0.1) is 10.8 Å². The molecule has 0 unspecified atom stereocenters. The summed E-state index contributed by atoms with van der Waals surface area (Å²) in [6.45, 7) is 14.8. The van der Waals surface area contributed by atoms with E-state index in [-0.39, 0.29) is 10.8 Å². The van der Waals surface area contributed by atoms with Gasteiger partial charge in [-0.1, -0.05) is 41.5 Å². The minimum atomic E-state index is -0.462. The Morgan fingerprint density at radius 3 is 1.33 bits per heavy atom. The average Bonchev–Trinajstić information content (AvgIpc) is 2.25. The zero-order valence-electron chi connectivity index (χ0n) is 11.1. The van der Waals surface area contributed by atoms with Gasteiger partial charge in [0.25, 0.3) is 0 Å². The van der Waals surface area contributed by atoms with Crippen LogP contribution in [0.15, 0.2) is 0 Å². The zero-order valence-corrected chi connectivity index (χ0v) is 11.1. The second-order valence-corrected chi connectivity index (χ2v) is 6.52. The minimum absolute atomic E-state index is 0.00438. The molecule has 2 nitrogen and oxygen atoms in total. The standard InChI is InChI=1S/C13H26O2/c1-11(2,3)13(12(4,5)6)14-9-7-8-10-15-13/h7-10H2,1-6H3. The van der Waals surface area contributed by atoms with Crippen LogP contribution in [0.1, 0.15) is 54.4 Å². The maximum Gasteiger partial charge on any atom is 0.177 e. The van der Waals surface area contributed by atoms with E-state index in [1.165, 1.54) is 0 Å². The molecule has 0 saturated carbocycles. The molecule has 1 rings (SSSR count). The third kappa shape index (κ3) is 2.36. The smallest absolute Gasteiger partial charge is 0.177 e. The number of hydrogen-bond acceptors (Lipinski definition) is 2. The molecule has 0 aliphatic carbocycles. The molecular weight excluding hydrogens is 188 g/mol. The lowest BCUT2D eigenvalue weighted by atomic mass is 9.70. The third-order valence-electron chi connectivity index (χ3n) is 3.12. The van der Waals surface area contributed by atoms with E-state index in [2.05, 4.69) is 41.5 Å². The van der Waals surface area contributed by atoms with Crippen molar-refractivity contribution in [2.75, 3.05) is 13.2 Å². The van der Waals surface area contributed by atoms with Crippen LogP contribution < -0.4 is 0 Å². The van der Waals surface area contributed by atoms with Crippen LogP contribution in [0.25, 0.3) is 0 Å². The van der Waals surface area contributed by atoms with Crippen molar-refractivity contribution in [3.63, 3.8) is 0 Å². The summed E-state index contributed by atoms with van der Waals surface area (Å²) in [6, 6.07) is 0. The second kappa shape index (κ2) is 4.06. The number of ether oxygens (including phenoxy) is 2. The highest BCUT2D eigenvalue weighted by atomic mass is 16.7. The molecule has 15 heavy (non-hydrogen) atoms. The van der Waals surface area contributed by atoms with E-state index in [0.29, 0.717) is 0 Å². The first kappa shape index (κ1) is 13.0. The van der Waals surface area contributed by atoms with Crippen molar-refractivity contribution in [1.29, 1.82) is 0 Å². The van der Waals surface area contributed by atoms with Gasteiger partial charge in [-0.25, -0.2) is 0 Å². The fraction of sp³-hybridized carbons (Fsp3) is 1.00. The van der Waals surface area contributed by atoms with E-state index in [0.717, 1.165) is 26.1 Å². The lowest BCUT2D eigenvalue weighted by molar-refractivity contribution is -0.328. The van der Waals surface area contributed by atoms with Crippen LogP contribution in [0.4, 0.5) is 0 Å². The fourth-order valence-electron chi connectivity index (χ4n) is 2.67. The first-order valence-electron chi connectivity index (χ1n) is 5.99. The highest BCUT2D eigenvalue weighted by Gasteiger charge is 2.53. The van der Waals surface area contributed by atoms with E-state index in [9.17, 15) is 0 Å². The van der Waals surface area contributed by atoms with Gasteiger partial charge in [-0.2, -0.15) is 0 Å². The van der Waals surface area contributed by atoms with Crippen LogP contribution in [0.5, 0.6) is 0 Å². The summed E-state index contributed by atoms with van der Waals surface area (Å²) in [4.78, 5) is 0. The molecule has 0 atom stereocenters. The Labute approximate surface area is 94.3 Å². The molecule has 0 spiro atoms. The monoisotopic (exact) mass is 214 g/mol. The van der Waals surface area contributed by atoms with Crippen LogP contribution >= 0.6 is 0 Å². The van der Waals surface area contributed by atoms with Gasteiger partial charge >= 0.3 is 0 Å². The normalized spacial score (nSPS) is 23.6. The van der Waals surface area contributed by atoms with Gasteiger partial charge in [0.2, 0.25) is 0 Å². The predicted molar refractivity (Wildman–Crippen MR) is 62.8 cm³/mol. The van der Waals surface area contributed by atoms with Crippen LogP contribution in [0.2, 0.25) is 0 Å². The lowest BCUT2D eigenvalue weighted by Gasteiger charge is -2.51. The molecule has 1 fully saturated rings. The van der Waals surface area contributed by atoms with Crippen molar-refractivity contribution in [3.05, 3.63) is 0 Å².